The zero-order valence-electron chi connectivity index (χ0n) is 23.1. The molecule has 2 N–H and O–H groups in total. The number of rotatable bonds is 7. The van der Waals surface area contributed by atoms with E-state index in [1.165, 1.54) is 18.4 Å². The van der Waals surface area contributed by atoms with E-state index in [1.54, 1.807) is 11.6 Å². The second kappa shape index (κ2) is 11.7. The number of aliphatic hydroxyl groups is 1. The van der Waals surface area contributed by atoms with Crippen molar-refractivity contribution in [3.63, 3.8) is 0 Å². The molecule has 1 fully saturated rings. The van der Waals surface area contributed by atoms with Crippen LogP contribution in [0.1, 0.15) is 41.6 Å². The van der Waals surface area contributed by atoms with E-state index in [0.29, 0.717) is 28.5 Å². The lowest BCUT2D eigenvalue weighted by Crippen LogP contribution is -2.39. The van der Waals surface area contributed by atoms with E-state index < -0.39 is 23.3 Å². The zero-order valence-corrected chi connectivity index (χ0v) is 24.0. The first-order chi connectivity index (χ1) is 18.5. The first-order valence-corrected chi connectivity index (χ1v) is 13.7. The fourth-order valence-corrected chi connectivity index (χ4v) is 5.92. The third kappa shape index (κ3) is 5.90. The monoisotopic (exact) mass is 553 g/mol. The van der Waals surface area contributed by atoms with E-state index in [1.807, 2.05) is 58.0 Å². The maximum absolute atomic E-state index is 13.7. The lowest BCUT2D eigenvalue weighted by atomic mass is 10.1. The molecule has 11 heteroatoms. The molecule has 3 heterocycles. The molecule has 4 rings (SSSR count). The molecule has 0 saturated carbocycles. The average Bonchev–Trinajstić information content (AvgIpc) is 3.49. The summed E-state index contributed by atoms with van der Waals surface area (Å²) in [6.07, 6.45) is 1.45. The Hall–Kier alpha value is -3.54. The van der Waals surface area contributed by atoms with E-state index in [-0.39, 0.29) is 30.0 Å². The van der Waals surface area contributed by atoms with Crippen LogP contribution in [0.5, 0.6) is 0 Å². The fraction of sp³-hybridized carbons (Fsp3) is 0.429. The number of amidine groups is 1. The number of anilines is 1. The highest BCUT2D eigenvalue weighted by Gasteiger charge is 2.33. The molecule has 1 aliphatic heterocycles. The second-order valence-electron chi connectivity index (χ2n) is 10.3. The summed E-state index contributed by atoms with van der Waals surface area (Å²) < 4.78 is 2.62. The third-order valence-electron chi connectivity index (χ3n) is 6.50. The zero-order chi connectivity index (χ0) is 28.4. The largest absolute Gasteiger partial charge is 0.389 e. The Morgan fingerprint density at radius 2 is 2.03 bits per heavy atom. The predicted molar refractivity (Wildman–Crippen MR) is 155 cm³/mol. The Bertz CT molecular complexity index is 1580. The number of nitrogens with one attached hydrogen (secondary N) is 1. The molecule has 0 aliphatic carbocycles. The lowest BCUT2D eigenvalue weighted by Gasteiger charge is -2.15. The van der Waals surface area contributed by atoms with Gasteiger partial charge in [0.25, 0.3) is 11.5 Å². The molecular weight excluding hydrogens is 518 g/mol. The molecule has 39 heavy (non-hydrogen) atoms. The van der Waals surface area contributed by atoms with Crippen molar-refractivity contribution in [1.82, 2.24) is 14.2 Å². The van der Waals surface area contributed by atoms with Crippen LogP contribution < -0.4 is 16.6 Å². The summed E-state index contributed by atoms with van der Waals surface area (Å²) in [4.78, 5) is 51.1. The number of hydrogen-bond donors (Lipinski definition) is 2. The van der Waals surface area contributed by atoms with Crippen molar-refractivity contribution in [1.29, 1.82) is 0 Å². The van der Waals surface area contributed by atoms with Crippen LogP contribution >= 0.6 is 11.3 Å². The van der Waals surface area contributed by atoms with Crippen LogP contribution in [0, 0.1) is 12.8 Å². The van der Waals surface area contributed by atoms with Crippen LogP contribution in [0.4, 0.5) is 5.69 Å². The van der Waals surface area contributed by atoms with E-state index in [2.05, 4.69) is 10.3 Å². The van der Waals surface area contributed by atoms with Gasteiger partial charge >= 0.3 is 5.69 Å². The smallest absolute Gasteiger partial charge is 0.331 e. The highest BCUT2D eigenvalue weighted by atomic mass is 32.1. The molecule has 1 aliphatic rings. The molecular formula is C28H35N5O5S. The van der Waals surface area contributed by atoms with Crippen LogP contribution in [-0.2, 0) is 24.9 Å². The Morgan fingerprint density at radius 1 is 1.31 bits per heavy atom. The number of aryl methyl sites for hydroxylation is 1. The molecule has 0 unspecified atom stereocenters. The van der Waals surface area contributed by atoms with Crippen LogP contribution in [0.15, 0.2) is 50.5 Å². The first-order valence-electron chi connectivity index (χ1n) is 12.9. The summed E-state index contributed by atoms with van der Waals surface area (Å²) in [7, 11) is 3.12. The summed E-state index contributed by atoms with van der Waals surface area (Å²) in [5.74, 6) is 0.284. The number of aliphatic imine (C=N–C) groups is 1. The average molecular weight is 554 g/mol. The minimum absolute atomic E-state index is 0.000955. The van der Waals surface area contributed by atoms with Gasteiger partial charge in [-0.3, -0.25) is 28.6 Å². The number of allylic oxidation sites excluding steroid dienone is 1. The van der Waals surface area contributed by atoms with Crippen molar-refractivity contribution in [2.24, 2.45) is 18.0 Å². The Labute approximate surface area is 230 Å². The van der Waals surface area contributed by atoms with Gasteiger partial charge in [0.05, 0.1) is 17.5 Å². The standard InChI is InChI=1S/C28H35N5O5S/c1-16(2)13-32-27-24(25(35)31(6)28(32)37)23(26(36)33-14-19(34)15-38-33)21(39-27)11-17(3)12-22(29-5)30-20-10-8-7-9-18(20)4/h7-10,12,16,19,34H,11,13-15H2,1-6H3,(H,29,30)/b17-12-/t19-/m0/s1. The van der Waals surface area contributed by atoms with Crippen molar-refractivity contribution in [2.75, 3.05) is 25.5 Å². The minimum Gasteiger partial charge on any atom is -0.389 e. The van der Waals surface area contributed by atoms with Gasteiger partial charge in [0, 0.05) is 37.6 Å². The van der Waals surface area contributed by atoms with Crippen LogP contribution in [0.25, 0.3) is 10.2 Å². The number of para-hydroxylation sites is 1. The van der Waals surface area contributed by atoms with Crippen molar-refractivity contribution in [2.45, 2.75) is 46.8 Å². The molecule has 0 spiro atoms. The van der Waals surface area contributed by atoms with Crippen molar-refractivity contribution in [3.8, 4) is 0 Å². The van der Waals surface area contributed by atoms with Gasteiger partial charge in [-0.15, -0.1) is 11.3 Å². The lowest BCUT2D eigenvalue weighted by molar-refractivity contribution is -0.0778. The number of hydrogen-bond acceptors (Lipinski definition) is 7. The molecule has 1 saturated heterocycles. The van der Waals surface area contributed by atoms with Gasteiger partial charge in [0.2, 0.25) is 0 Å². The topological polar surface area (TPSA) is 118 Å². The van der Waals surface area contributed by atoms with Gasteiger partial charge in [-0.25, -0.2) is 9.86 Å². The number of aliphatic hydroxyl groups excluding tert-OH is 1. The molecule has 0 bridgehead atoms. The van der Waals surface area contributed by atoms with Gasteiger partial charge in [-0.2, -0.15) is 0 Å². The highest BCUT2D eigenvalue weighted by molar-refractivity contribution is 7.19. The Morgan fingerprint density at radius 3 is 2.64 bits per heavy atom. The minimum atomic E-state index is -0.804. The molecule has 1 atom stereocenters. The number of nitrogens with zero attached hydrogens (tertiary/aromatic N) is 4. The number of carbonyl (C=O) groups excluding carboxylic acids is 1. The van der Waals surface area contributed by atoms with Crippen molar-refractivity contribution in [3.05, 3.63) is 72.8 Å². The van der Waals surface area contributed by atoms with Crippen LogP contribution in [0.2, 0.25) is 0 Å². The maximum atomic E-state index is 13.7. The van der Waals surface area contributed by atoms with Gasteiger partial charge in [0.15, 0.2) is 0 Å². The van der Waals surface area contributed by atoms with E-state index in [9.17, 15) is 19.5 Å². The van der Waals surface area contributed by atoms with E-state index >= 15 is 0 Å². The maximum Gasteiger partial charge on any atom is 0.331 e. The Kier molecular flexibility index (Phi) is 8.53. The quantitative estimate of drug-likeness (QED) is 0.343. The molecule has 10 nitrogen and oxygen atoms in total. The first kappa shape index (κ1) is 28.5. The van der Waals surface area contributed by atoms with Gasteiger partial charge in [0.1, 0.15) is 23.4 Å². The summed E-state index contributed by atoms with van der Waals surface area (Å²) in [5, 5.41) is 14.6. The van der Waals surface area contributed by atoms with Crippen molar-refractivity contribution < 1.29 is 14.7 Å². The van der Waals surface area contributed by atoms with Crippen LogP contribution in [-0.4, -0.2) is 57.4 Å². The number of β-amino-alcohol motifs (C(OH)–C–C–N with tert-alkyl or cyclic N) is 1. The summed E-state index contributed by atoms with van der Waals surface area (Å²) in [6, 6.07) is 7.90. The number of carbonyl (C=O) groups is 1. The number of amides is 1. The summed E-state index contributed by atoms with van der Waals surface area (Å²) in [5.41, 5.74) is 2.17. The second-order valence-corrected chi connectivity index (χ2v) is 11.3. The predicted octanol–water partition coefficient (Wildman–Crippen LogP) is 3.10. The van der Waals surface area contributed by atoms with Gasteiger partial charge in [-0.1, -0.05) is 37.6 Å². The number of benzene rings is 1. The fourth-order valence-electron chi connectivity index (χ4n) is 4.54. The van der Waals surface area contributed by atoms with E-state index in [4.69, 9.17) is 4.84 Å². The molecule has 1 aromatic carbocycles. The van der Waals surface area contributed by atoms with E-state index in [0.717, 1.165) is 26.5 Å². The van der Waals surface area contributed by atoms with Gasteiger partial charge < -0.3 is 10.4 Å². The normalized spacial score (nSPS) is 16.5. The summed E-state index contributed by atoms with van der Waals surface area (Å²) >= 11 is 1.27. The van der Waals surface area contributed by atoms with Crippen LogP contribution in [0.3, 0.4) is 0 Å². The third-order valence-corrected chi connectivity index (χ3v) is 7.72. The number of fused-ring (bicyclic) bond motifs is 1. The number of thiophene rings is 1. The molecule has 1 amide bonds. The summed E-state index contributed by atoms with van der Waals surface area (Å²) in [6.45, 7) is 8.32. The number of aromatic nitrogens is 2. The molecule has 0 radical (unpaired) electrons. The Balaban J connectivity index is 1.83. The molecule has 208 valence electrons. The molecule has 3 aromatic rings. The number of hydroxylamine groups is 2. The SMILES string of the molecule is CN=C(/C=C(/C)Cc1sc2c(c1C(=O)N1C[C@H](O)CO1)c(=O)n(C)c(=O)n2CC(C)C)Nc1ccccc1C. The van der Waals surface area contributed by atoms with Gasteiger partial charge in [-0.05, 0) is 37.5 Å². The van der Waals surface area contributed by atoms with Crippen molar-refractivity contribution >= 4 is 39.0 Å². The molecule has 2 aromatic heterocycles. The highest BCUT2D eigenvalue weighted by Crippen LogP contribution is 2.32.